The highest BCUT2D eigenvalue weighted by atomic mass is 16.5. The van der Waals surface area contributed by atoms with Crippen LogP contribution in [0.4, 0.5) is 5.69 Å². The fourth-order valence-corrected chi connectivity index (χ4v) is 7.43. The summed E-state index contributed by atoms with van der Waals surface area (Å²) in [6, 6.07) is 14.6. The SMILES string of the molecule is CCOC(=O)[C@H](CO)CCc1cnc(C(=O)Nc2cccc(-c3cccc(CC(=O)c4cc(C5CC5)c(CN[C@@H](CO)C(=O)OCC)cn4)c3C)c2C)cc1C1CC1. The fourth-order valence-electron chi connectivity index (χ4n) is 7.43. The first-order chi connectivity index (χ1) is 28.1. The quantitative estimate of drug-likeness (QED) is 0.0583. The lowest BCUT2D eigenvalue weighted by Gasteiger charge is -2.17. The molecule has 58 heavy (non-hydrogen) atoms. The van der Waals surface area contributed by atoms with Crippen LogP contribution in [0.3, 0.4) is 0 Å². The van der Waals surface area contributed by atoms with Crippen molar-refractivity contribution in [2.24, 2.45) is 5.92 Å². The van der Waals surface area contributed by atoms with Crippen LogP contribution in [0.2, 0.25) is 0 Å². The average molecular weight is 791 g/mol. The largest absolute Gasteiger partial charge is 0.466 e. The standard InChI is InChI=1S/C46H54N4O8/c1-5-57-45(55)33(25-51)18-17-32-22-48-41(21-37(32)29-13-14-29)44(54)50-39-12-8-11-36(28(39)4)35-10-7-9-31(27(35)3)19-43(53)40-20-38(30-15-16-30)34(23-47-40)24-49-42(26-52)46(56)58-6-2/h7-12,20-23,29-30,33,42,49,51-52H,5-6,13-19,24-26H2,1-4H3,(H,50,54)/t33-,42-/m0/s1. The van der Waals surface area contributed by atoms with Gasteiger partial charge in [0.25, 0.3) is 5.91 Å². The van der Waals surface area contributed by atoms with E-state index in [1.165, 1.54) is 0 Å². The van der Waals surface area contributed by atoms with Crippen molar-refractivity contribution in [2.45, 2.75) is 97.1 Å². The molecule has 2 fully saturated rings. The lowest BCUT2D eigenvalue weighted by Crippen LogP contribution is -2.40. The molecule has 2 heterocycles. The van der Waals surface area contributed by atoms with Crippen LogP contribution in [-0.2, 0) is 38.4 Å². The molecular formula is C46H54N4O8. The molecule has 306 valence electrons. The van der Waals surface area contributed by atoms with E-state index in [4.69, 9.17) is 9.47 Å². The summed E-state index contributed by atoms with van der Waals surface area (Å²) in [6.45, 7) is 7.55. The van der Waals surface area contributed by atoms with Crippen LogP contribution in [0, 0.1) is 19.8 Å². The minimum atomic E-state index is -0.844. The summed E-state index contributed by atoms with van der Waals surface area (Å²) in [5, 5.41) is 25.6. The number of pyridine rings is 2. The number of rotatable bonds is 20. The Kier molecular flexibility index (Phi) is 14.2. The molecule has 4 aromatic rings. The predicted molar refractivity (Wildman–Crippen MR) is 220 cm³/mol. The van der Waals surface area contributed by atoms with Crippen molar-refractivity contribution in [3.63, 3.8) is 0 Å². The summed E-state index contributed by atoms with van der Waals surface area (Å²) < 4.78 is 10.2. The summed E-state index contributed by atoms with van der Waals surface area (Å²) in [6.07, 6.45) is 8.64. The van der Waals surface area contributed by atoms with E-state index in [2.05, 4.69) is 20.6 Å². The molecule has 2 saturated carbocycles. The van der Waals surface area contributed by atoms with Crippen LogP contribution in [0.1, 0.15) is 118 Å². The Balaban J connectivity index is 1.15. The number of Topliss-reactive ketones (excluding diaryl/α,β-unsaturated/α-hetero) is 1. The van der Waals surface area contributed by atoms with Gasteiger partial charge in [-0.15, -0.1) is 0 Å². The van der Waals surface area contributed by atoms with Crippen molar-refractivity contribution < 1.29 is 38.9 Å². The van der Waals surface area contributed by atoms with E-state index in [0.717, 1.165) is 75.8 Å². The minimum Gasteiger partial charge on any atom is -0.466 e. The smallest absolute Gasteiger partial charge is 0.325 e. The number of amides is 1. The van der Waals surface area contributed by atoms with Gasteiger partial charge in [-0.05, 0) is 146 Å². The number of ketones is 1. The van der Waals surface area contributed by atoms with Gasteiger partial charge in [0.2, 0.25) is 0 Å². The monoisotopic (exact) mass is 790 g/mol. The summed E-state index contributed by atoms with van der Waals surface area (Å²) in [7, 11) is 0. The molecule has 0 aliphatic heterocycles. The Morgan fingerprint density at radius 1 is 0.759 bits per heavy atom. The number of carbonyl (C=O) groups excluding carboxylic acids is 4. The van der Waals surface area contributed by atoms with Gasteiger partial charge >= 0.3 is 11.9 Å². The molecule has 0 unspecified atom stereocenters. The molecule has 2 aromatic heterocycles. The topological polar surface area (TPSA) is 177 Å². The maximum Gasteiger partial charge on any atom is 0.325 e. The molecule has 2 aliphatic rings. The van der Waals surface area contributed by atoms with Gasteiger partial charge < -0.3 is 25.0 Å². The molecule has 2 atom stereocenters. The molecule has 1 amide bonds. The van der Waals surface area contributed by atoms with Crippen LogP contribution < -0.4 is 10.6 Å². The third-order valence-corrected chi connectivity index (χ3v) is 11.2. The molecule has 2 aliphatic carbocycles. The van der Waals surface area contributed by atoms with E-state index in [1.807, 2.05) is 62.4 Å². The molecule has 0 spiro atoms. The molecule has 12 nitrogen and oxygen atoms in total. The zero-order valence-electron chi connectivity index (χ0n) is 33.8. The highest BCUT2D eigenvalue weighted by Crippen LogP contribution is 2.43. The number of aryl methyl sites for hydroxylation is 1. The van der Waals surface area contributed by atoms with Crippen LogP contribution in [0.5, 0.6) is 0 Å². The number of carbonyl (C=O) groups is 4. The van der Waals surface area contributed by atoms with Gasteiger partial charge in [0.05, 0.1) is 32.3 Å². The van der Waals surface area contributed by atoms with Gasteiger partial charge in [-0.1, -0.05) is 30.3 Å². The number of benzene rings is 2. The van der Waals surface area contributed by atoms with Crippen LogP contribution in [-0.4, -0.2) is 76.3 Å². The van der Waals surface area contributed by atoms with Crippen molar-refractivity contribution in [3.05, 3.63) is 111 Å². The highest BCUT2D eigenvalue weighted by molar-refractivity contribution is 6.04. The Morgan fingerprint density at radius 3 is 2.02 bits per heavy atom. The molecule has 0 saturated heterocycles. The second-order valence-electron chi connectivity index (χ2n) is 15.2. The summed E-state index contributed by atoms with van der Waals surface area (Å²) in [5.74, 6) is -1.28. The van der Waals surface area contributed by atoms with Crippen molar-refractivity contribution in [1.29, 1.82) is 0 Å². The van der Waals surface area contributed by atoms with Gasteiger partial charge in [-0.2, -0.15) is 0 Å². The number of aliphatic hydroxyl groups is 2. The van der Waals surface area contributed by atoms with Gasteiger partial charge in [-0.3, -0.25) is 34.5 Å². The lowest BCUT2D eigenvalue weighted by molar-refractivity contribution is -0.149. The predicted octanol–water partition coefficient (Wildman–Crippen LogP) is 6.31. The Hall–Kier alpha value is -5.30. The first-order valence-corrected chi connectivity index (χ1v) is 20.4. The number of anilines is 1. The van der Waals surface area contributed by atoms with Crippen molar-refractivity contribution in [2.75, 3.05) is 31.7 Å². The van der Waals surface area contributed by atoms with Crippen molar-refractivity contribution >= 4 is 29.3 Å². The van der Waals surface area contributed by atoms with E-state index in [9.17, 15) is 29.4 Å². The fraction of sp³-hybridized carbons (Fsp3) is 0.435. The number of hydrogen-bond donors (Lipinski definition) is 4. The van der Waals surface area contributed by atoms with Crippen molar-refractivity contribution in [3.8, 4) is 11.1 Å². The number of aromatic nitrogens is 2. The second kappa shape index (κ2) is 19.4. The lowest BCUT2D eigenvalue weighted by atomic mass is 9.90. The number of hydrogen-bond acceptors (Lipinski definition) is 11. The molecule has 6 rings (SSSR count). The molecule has 12 heteroatoms. The highest BCUT2D eigenvalue weighted by Gasteiger charge is 2.30. The minimum absolute atomic E-state index is 0.101. The van der Waals surface area contributed by atoms with Crippen LogP contribution in [0.15, 0.2) is 60.9 Å². The Labute approximate surface area is 339 Å². The third-order valence-electron chi connectivity index (χ3n) is 11.2. The zero-order valence-corrected chi connectivity index (χ0v) is 33.8. The van der Waals surface area contributed by atoms with Gasteiger partial charge in [-0.25, -0.2) is 0 Å². The normalized spacial score (nSPS) is 14.7. The average Bonchev–Trinajstić information content (AvgIpc) is 4.16. The van der Waals surface area contributed by atoms with Crippen LogP contribution in [0.25, 0.3) is 11.1 Å². The second-order valence-corrected chi connectivity index (χ2v) is 15.2. The Morgan fingerprint density at radius 2 is 1.36 bits per heavy atom. The summed E-state index contributed by atoms with van der Waals surface area (Å²) in [4.78, 5) is 60.9. The molecule has 4 N–H and O–H groups in total. The van der Waals surface area contributed by atoms with E-state index < -0.39 is 23.9 Å². The maximum absolute atomic E-state index is 13.7. The van der Waals surface area contributed by atoms with E-state index in [1.54, 1.807) is 26.2 Å². The summed E-state index contributed by atoms with van der Waals surface area (Å²) in [5.41, 5.74) is 9.90. The number of esters is 2. The number of aliphatic hydroxyl groups excluding tert-OH is 2. The number of nitrogens with one attached hydrogen (secondary N) is 2. The third kappa shape index (κ3) is 10.2. The van der Waals surface area contributed by atoms with Crippen molar-refractivity contribution in [1.82, 2.24) is 15.3 Å². The first kappa shape index (κ1) is 42.3. The maximum atomic E-state index is 13.7. The molecule has 0 bridgehead atoms. The number of ether oxygens (including phenoxy) is 2. The zero-order chi connectivity index (χ0) is 41.3. The van der Waals surface area contributed by atoms with Gasteiger partial charge in [0, 0.05) is 31.0 Å². The molecule has 0 radical (unpaired) electrons. The van der Waals surface area contributed by atoms with E-state index in [0.29, 0.717) is 48.3 Å². The van der Waals surface area contributed by atoms with E-state index in [-0.39, 0.29) is 44.5 Å². The van der Waals surface area contributed by atoms with Gasteiger partial charge in [0.15, 0.2) is 5.78 Å². The first-order valence-electron chi connectivity index (χ1n) is 20.4. The molecule has 2 aromatic carbocycles. The molecular weight excluding hydrogens is 737 g/mol. The van der Waals surface area contributed by atoms with Gasteiger partial charge in [0.1, 0.15) is 17.4 Å². The van der Waals surface area contributed by atoms with E-state index >= 15 is 0 Å². The van der Waals surface area contributed by atoms with Crippen LogP contribution >= 0.6 is 0 Å². The Bertz CT molecular complexity index is 1990. The number of nitrogens with zero attached hydrogens (tertiary/aromatic N) is 2. The summed E-state index contributed by atoms with van der Waals surface area (Å²) >= 11 is 0.